The van der Waals surface area contributed by atoms with Gasteiger partial charge in [0.1, 0.15) is 29.5 Å². The van der Waals surface area contributed by atoms with Crippen molar-refractivity contribution in [2.24, 2.45) is 5.14 Å². The largest absolute Gasteiger partial charge is 0.490 e. The first-order valence-electron chi connectivity index (χ1n) is 6.89. The van der Waals surface area contributed by atoms with Gasteiger partial charge in [0.25, 0.3) is 0 Å². The predicted molar refractivity (Wildman–Crippen MR) is 90.0 cm³/mol. The lowest BCUT2D eigenvalue weighted by Gasteiger charge is -2.08. The molecule has 24 heavy (non-hydrogen) atoms. The van der Waals surface area contributed by atoms with Crippen LogP contribution >= 0.6 is 11.5 Å². The highest BCUT2D eigenvalue weighted by Crippen LogP contribution is 2.24. The van der Waals surface area contributed by atoms with Gasteiger partial charge in [-0.25, -0.2) is 18.4 Å². The van der Waals surface area contributed by atoms with Gasteiger partial charge >= 0.3 is 5.97 Å². The maximum atomic E-state index is 12.0. The molecule has 0 aliphatic rings. The second-order valence-electron chi connectivity index (χ2n) is 4.72. The number of esters is 1. The number of aryl methyl sites for hydroxylation is 1. The summed E-state index contributed by atoms with van der Waals surface area (Å²) in [6.45, 7) is 1.91. The number of primary sulfonamides is 1. The van der Waals surface area contributed by atoms with Crippen molar-refractivity contribution in [2.45, 2.75) is 11.8 Å². The highest BCUT2D eigenvalue weighted by atomic mass is 32.2. The Morgan fingerprint density at radius 1 is 1.29 bits per heavy atom. The number of nitrogens with one attached hydrogen (secondary N) is 1. The Balaban J connectivity index is 1.84. The first-order valence-corrected chi connectivity index (χ1v) is 9.21. The van der Waals surface area contributed by atoms with E-state index in [4.69, 9.17) is 14.6 Å². The van der Waals surface area contributed by atoms with E-state index in [0.717, 1.165) is 0 Å². The number of sulfonamides is 1. The smallest absolute Gasteiger partial charge is 0.343 e. The molecule has 2 aromatic rings. The first-order chi connectivity index (χ1) is 11.3. The predicted octanol–water partition coefficient (Wildman–Crippen LogP) is 1.38. The minimum atomic E-state index is -3.73. The molecule has 2 rings (SSSR count). The summed E-state index contributed by atoms with van der Waals surface area (Å²) in [7, 11) is -2.02. The molecule has 0 radical (unpaired) electrons. The standard InChI is InChI=1S/C14H17N3O5S2/c1-9-12(13(16-2)23-17-9)14(18)22-8-7-21-10-3-5-11(6-4-10)24(15,19)20/h3-6,16H,7-8H2,1-2H3,(H2,15,19,20). The van der Waals surface area contributed by atoms with Crippen molar-refractivity contribution in [1.29, 1.82) is 0 Å². The quantitative estimate of drug-likeness (QED) is 0.557. The van der Waals surface area contributed by atoms with Crippen molar-refractivity contribution < 1.29 is 22.7 Å². The SMILES string of the molecule is CNc1snc(C)c1C(=O)OCCOc1ccc(S(N)(=O)=O)cc1. The number of ether oxygens (including phenoxy) is 2. The monoisotopic (exact) mass is 371 g/mol. The summed E-state index contributed by atoms with van der Waals surface area (Å²) < 4.78 is 36.9. The summed E-state index contributed by atoms with van der Waals surface area (Å²) in [5, 5.41) is 8.55. The van der Waals surface area contributed by atoms with Crippen molar-refractivity contribution in [3.8, 4) is 5.75 Å². The number of nitrogens with zero attached hydrogens (tertiary/aromatic N) is 1. The van der Waals surface area contributed by atoms with E-state index < -0.39 is 16.0 Å². The Bertz CT molecular complexity index is 815. The average molecular weight is 371 g/mol. The fourth-order valence-electron chi connectivity index (χ4n) is 1.87. The van der Waals surface area contributed by atoms with Gasteiger partial charge in [0.05, 0.1) is 10.6 Å². The molecule has 1 aromatic carbocycles. The lowest BCUT2D eigenvalue weighted by atomic mass is 10.2. The van der Waals surface area contributed by atoms with Gasteiger partial charge in [-0.3, -0.25) is 0 Å². The highest BCUT2D eigenvalue weighted by molar-refractivity contribution is 7.89. The summed E-state index contributed by atoms with van der Waals surface area (Å²) in [4.78, 5) is 12.0. The number of hydrogen-bond donors (Lipinski definition) is 2. The van der Waals surface area contributed by atoms with Crippen LogP contribution in [0.5, 0.6) is 5.75 Å². The minimum Gasteiger partial charge on any atom is -0.490 e. The zero-order valence-electron chi connectivity index (χ0n) is 13.1. The first kappa shape index (κ1) is 18.2. The van der Waals surface area contributed by atoms with Gasteiger partial charge in [-0.15, -0.1) is 0 Å². The van der Waals surface area contributed by atoms with Gasteiger partial charge in [0, 0.05) is 7.05 Å². The molecule has 10 heteroatoms. The topological polar surface area (TPSA) is 121 Å². The molecule has 130 valence electrons. The number of anilines is 1. The van der Waals surface area contributed by atoms with Crippen LogP contribution in [0.25, 0.3) is 0 Å². The summed E-state index contributed by atoms with van der Waals surface area (Å²) >= 11 is 1.19. The highest BCUT2D eigenvalue weighted by Gasteiger charge is 2.19. The zero-order valence-corrected chi connectivity index (χ0v) is 14.7. The molecular weight excluding hydrogens is 354 g/mol. The van der Waals surface area contributed by atoms with Gasteiger partial charge < -0.3 is 14.8 Å². The van der Waals surface area contributed by atoms with E-state index in [1.165, 1.54) is 35.8 Å². The number of carbonyl (C=O) groups is 1. The Morgan fingerprint density at radius 2 is 1.96 bits per heavy atom. The normalized spacial score (nSPS) is 11.1. The van der Waals surface area contributed by atoms with Gasteiger partial charge in [0.2, 0.25) is 10.0 Å². The minimum absolute atomic E-state index is 0.00121. The van der Waals surface area contributed by atoms with E-state index in [2.05, 4.69) is 9.69 Å². The number of rotatable bonds is 7. The molecule has 0 saturated heterocycles. The van der Waals surface area contributed by atoms with E-state index in [1.807, 2.05) is 0 Å². The Kier molecular flexibility index (Phi) is 5.75. The average Bonchev–Trinajstić information content (AvgIpc) is 2.92. The fourth-order valence-corrected chi connectivity index (χ4v) is 3.12. The summed E-state index contributed by atoms with van der Waals surface area (Å²) in [6, 6.07) is 5.65. The Hall–Kier alpha value is -2.17. The van der Waals surface area contributed by atoms with E-state index in [0.29, 0.717) is 22.0 Å². The second kappa shape index (κ2) is 7.60. The molecule has 0 amide bonds. The van der Waals surface area contributed by atoms with Crippen LogP contribution in [0.1, 0.15) is 16.1 Å². The van der Waals surface area contributed by atoms with Crippen LogP contribution < -0.4 is 15.2 Å². The van der Waals surface area contributed by atoms with Crippen molar-refractivity contribution >= 4 is 32.5 Å². The molecule has 0 aliphatic heterocycles. The van der Waals surface area contributed by atoms with Crippen LogP contribution in [-0.4, -0.2) is 39.0 Å². The number of nitrogens with two attached hydrogens (primary N) is 1. The van der Waals surface area contributed by atoms with Gasteiger partial charge in [-0.2, -0.15) is 4.37 Å². The lowest BCUT2D eigenvalue weighted by molar-refractivity contribution is 0.0451. The van der Waals surface area contributed by atoms with E-state index in [-0.39, 0.29) is 18.1 Å². The summed E-state index contributed by atoms with van der Waals surface area (Å²) in [5.74, 6) is -0.0264. The van der Waals surface area contributed by atoms with Gasteiger partial charge in [-0.1, -0.05) is 0 Å². The molecule has 0 aliphatic carbocycles. The molecule has 0 unspecified atom stereocenters. The van der Waals surface area contributed by atoms with Crippen molar-refractivity contribution in [1.82, 2.24) is 4.37 Å². The molecule has 0 fully saturated rings. The molecule has 0 atom stereocenters. The van der Waals surface area contributed by atoms with E-state index in [9.17, 15) is 13.2 Å². The van der Waals surface area contributed by atoms with Crippen LogP contribution in [0.3, 0.4) is 0 Å². The molecule has 0 saturated carbocycles. The second-order valence-corrected chi connectivity index (χ2v) is 7.06. The van der Waals surface area contributed by atoms with E-state index >= 15 is 0 Å². The van der Waals surface area contributed by atoms with E-state index in [1.54, 1.807) is 14.0 Å². The number of carbonyl (C=O) groups excluding carboxylic acids is 1. The van der Waals surface area contributed by atoms with Gasteiger partial charge in [0.15, 0.2) is 0 Å². The van der Waals surface area contributed by atoms with Crippen LogP contribution in [0.15, 0.2) is 29.2 Å². The van der Waals surface area contributed by atoms with Crippen LogP contribution in [0, 0.1) is 6.92 Å². The number of hydrogen-bond acceptors (Lipinski definition) is 8. The van der Waals surface area contributed by atoms with Crippen molar-refractivity contribution in [3.63, 3.8) is 0 Å². The van der Waals surface area contributed by atoms with Crippen LogP contribution in [0.4, 0.5) is 5.00 Å². The Morgan fingerprint density at radius 3 is 2.54 bits per heavy atom. The third-order valence-electron chi connectivity index (χ3n) is 3.03. The molecule has 0 bridgehead atoms. The van der Waals surface area contributed by atoms with Crippen molar-refractivity contribution in [3.05, 3.63) is 35.5 Å². The maximum Gasteiger partial charge on any atom is 0.343 e. The molecular formula is C14H17N3O5S2. The Labute approximate surface area is 143 Å². The zero-order chi connectivity index (χ0) is 17.7. The molecule has 1 heterocycles. The lowest BCUT2D eigenvalue weighted by Crippen LogP contribution is -2.14. The fraction of sp³-hybridized carbons (Fsp3) is 0.286. The van der Waals surface area contributed by atoms with Gasteiger partial charge in [-0.05, 0) is 42.7 Å². The third kappa shape index (κ3) is 4.43. The number of aromatic nitrogens is 1. The molecule has 3 N–H and O–H groups in total. The number of benzene rings is 1. The molecule has 0 spiro atoms. The van der Waals surface area contributed by atoms with Crippen LogP contribution in [-0.2, 0) is 14.8 Å². The summed E-state index contributed by atoms with van der Waals surface area (Å²) in [5.41, 5.74) is 1.02. The molecule has 8 nitrogen and oxygen atoms in total. The van der Waals surface area contributed by atoms with Crippen molar-refractivity contribution in [2.75, 3.05) is 25.6 Å². The maximum absolute atomic E-state index is 12.0. The summed E-state index contributed by atoms with van der Waals surface area (Å²) in [6.07, 6.45) is 0. The molecule has 1 aromatic heterocycles. The van der Waals surface area contributed by atoms with Crippen LogP contribution in [0.2, 0.25) is 0 Å². The third-order valence-corrected chi connectivity index (χ3v) is 4.92.